The van der Waals surface area contributed by atoms with Gasteiger partial charge >= 0.3 is 0 Å². The summed E-state index contributed by atoms with van der Waals surface area (Å²) in [5, 5.41) is 8.54. The lowest BCUT2D eigenvalue weighted by Gasteiger charge is -2.07. The third kappa shape index (κ3) is 4.14. The highest BCUT2D eigenvalue weighted by atomic mass is 35.5. The minimum absolute atomic E-state index is 0.161. The number of hydrazone groups is 2. The Bertz CT molecular complexity index is 637. The highest BCUT2D eigenvalue weighted by molar-refractivity contribution is 6.30. The Kier molecular flexibility index (Phi) is 5.27. The maximum absolute atomic E-state index is 11.8. The maximum Gasteiger partial charge on any atom is 0.248 e. The van der Waals surface area contributed by atoms with E-state index in [0.717, 1.165) is 5.56 Å². The molecule has 6 nitrogen and oxygen atoms in total. The van der Waals surface area contributed by atoms with Crippen LogP contribution in [0, 0.1) is 5.92 Å². The third-order valence-electron chi connectivity index (χ3n) is 3.43. The lowest BCUT2D eigenvalue weighted by Crippen LogP contribution is -2.25. The van der Waals surface area contributed by atoms with Crippen LogP contribution in [0.25, 0.3) is 0 Å². The van der Waals surface area contributed by atoms with Crippen LogP contribution < -0.4 is 10.9 Å². The summed E-state index contributed by atoms with van der Waals surface area (Å²) in [5.74, 6) is -0.723. The predicted molar refractivity (Wildman–Crippen MR) is 85.8 cm³/mol. The predicted octanol–water partition coefficient (Wildman–Crippen LogP) is 2.08. The maximum atomic E-state index is 11.8. The monoisotopic (exact) mass is 320 g/mol. The average molecular weight is 321 g/mol. The summed E-state index contributed by atoms with van der Waals surface area (Å²) in [4.78, 5) is 23.3. The highest BCUT2D eigenvalue weighted by Gasteiger charge is 2.26. The number of nitrogens with one attached hydrogen (secondary N) is 2. The number of nitrogens with zero attached hydrogens (tertiary/aromatic N) is 2. The van der Waals surface area contributed by atoms with E-state index < -0.39 is 0 Å². The Hall–Kier alpha value is -2.21. The number of hydrogen-bond acceptors (Lipinski definition) is 4. The molecule has 1 aromatic carbocycles. The standard InChI is InChI=1S/C15H17ClN4O2/c1-9(11-3-5-12(16)6-4-11)17-19-14(21)8-7-13-10(2)18-20-15(13)22/h3-6,13H,7-8H2,1-2H3,(H,19,21)(H,20,22)/b17-9+/t13-/m0/s1. The quantitative estimate of drug-likeness (QED) is 0.643. The summed E-state index contributed by atoms with van der Waals surface area (Å²) in [6.45, 7) is 3.56. The molecule has 1 atom stereocenters. The number of halogens is 1. The van der Waals surface area contributed by atoms with Gasteiger partial charge in [-0.25, -0.2) is 10.9 Å². The van der Waals surface area contributed by atoms with Gasteiger partial charge in [0, 0.05) is 17.2 Å². The Morgan fingerprint density at radius 2 is 2.09 bits per heavy atom. The average Bonchev–Trinajstić information content (AvgIpc) is 2.82. The van der Waals surface area contributed by atoms with Crippen molar-refractivity contribution in [2.75, 3.05) is 0 Å². The van der Waals surface area contributed by atoms with Gasteiger partial charge in [-0.3, -0.25) is 9.59 Å². The molecule has 0 fully saturated rings. The second kappa shape index (κ2) is 7.17. The first-order chi connectivity index (χ1) is 10.5. The zero-order valence-electron chi connectivity index (χ0n) is 12.4. The molecule has 0 bridgehead atoms. The van der Waals surface area contributed by atoms with Crippen LogP contribution in [0.1, 0.15) is 32.3 Å². The van der Waals surface area contributed by atoms with Gasteiger partial charge in [0.25, 0.3) is 0 Å². The third-order valence-corrected chi connectivity index (χ3v) is 3.69. The topological polar surface area (TPSA) is 82.9 Å². The van der Waals surface area contributed by atoms with Crippen molar-refractivity contribution in [3.8, 4) is 0 Å². The molecule has 0 saturated carbocycles. The summed E-state index contributed by atoms with van der Waals surface area (Å²) in [6, 6.07) is 7.18. The van der Waals surface area contributed by atoms with Crippen molar-refractivity contribution in [1.29, 1.82) is 0 Å². The van der Waals surface area contributed by atoms with E-state index in [4.69, 9.17) is 11.6 Å². The van der Waals surface area contributed by atoms with Crippen molar-refractivity contribution in [3.63, 3.8) is 0 Å². The minimum atomic E-state index is -0.327. The smallest absolute Gasteiger partial charge is 0.248 e. The van der Waals surface area contributed by atoms with Crippen LogP contribution >= 0.6 is 11.6 Å². The van der Waals surface area contributed by atoms with E-state index in [1.807, 2.05) is 12.1 Å². The first kappa shape index (κ1) is 16.2. The summed E-state index contributed by atoms with van der Waals surface area (Å²) in [7, 11) is 0. The van der Waals surface area contributed by atoms with E-state index in [0.29, 0.717) is 22.9 Å². The van der Waals surface area contributed by atoms with E-state index >= 15 is 0 Å². The second-order valence-corrected chi connectivity index (χ2v) is 5.50. The van der Waals surface area contributed by atoms with Gasteiger partial charge in [-0.15, -0.1) is 0 Å². The van der Waals surface area contributed by atoms with E-state index in [-0.39, 0.29) is 24.2 Å². The molecule has 1 aromatic rings. The Morgan fingerprint density at radius 3 is 2.68 bits per heavy atom. The van der Waals surface area contributed by atoms with Crippen molar-refractivity contribution >= 4 is 34.8 Å². The molecule has 2 rings (SSSR count). The van der Waals surface area contributed by atoms with E-state index in [1.165, 1.54) is 0 Å². The molecular formula is C15H17ClN4O2. The molecule has 0 spiro atoms. The lowest BCUT2D eigenvalue weighted by atomic mass is 9.99. The van der Waals surface area contributed by atoms with Crippen molar-refractivity contribution in [1.82, 2.24) is 10.9 Å². The van der Waals surface area contributed by atoms with Crippen LogP contribution in [0.15, 0.2) is 34.5 Å². The summed E-state index contributed by atoms with van der Waals surface area (Å²) < 4.78 is 0. The van der Waals surface area contributed by atoms with Crippen LogP contribution in [0.2, 0.25) is 5.02 Å². The first-order valence-electron chi connectivity index (χ1n) is 6.90. The van der Waals surface area contributed by atoms with Gasteiger partial charge in [-0.1, -0.05) is 23.7 Å². The van der Waals surface area contributed by atoms with Crippen molar-refractivity contribution in [2.45, 2.75) is 26.7 Å². The first-order valence-corrected chi connectivity index (χ1v) is 7.28. The van der Waals surface area contributed by atoms with Gasteiger partial charge in [0.1, 0.15) is 0 Å². The van der Waals surface area contributed by atoms with Crippen LogP contribution in [0.4, 0.5) is 0 Å². The highest BCUT2D eigenvalue weighted by Crippen LogP contribution is 2.13. The normalized spacial score (nSPS) is 18.0. The number of benzene rings is 1. The number of carbonyl (C=O) groups excluding carboxylic acids is 2. The number of hydrogen-bond donors (Lipinski definition) is 2. The molecule has 7 heteroatoms. The van der Waals surface area contributed by atoms with E-state index in [2.05, 4.69) is 21.1 Å². The Labute approximate surface area is 133 Å². The Balaban J connectivity index is 1.84. The molecular weight excluding hydrogens is 304 g/mol. The minimum Gasteiger partial charge on any atom is -0.273 e. The molecule has 0 aromatic heterocycles. The molecule has 1 aliphatic heterocycles. The van der Waals surface area contributed by atoms with Crippen LogP contribution in [0.3, 0.4) is 0 Å². The number of amides is 2. The van der Waals surface area contributed by atoms with Gasteiger partial charge in [-0.2, -0.15) is 10.2 Å². The number of rotatable bonds is 5. The largest absolute Gasteiger partial charge is 0.273 e. The fourth-order valence-corrected chi connectivity index (χ4v) is 2.19. The molecule has 0 unspecified atom stereocenters. The lowest BCUT2D eigenvalue weighted by molar-refractivity contribution is -0.123. The SMILES string of the molecule is CC1=NNC(=O)[C@H]1CCC(=O)N/N=C(\C)c1ccc(Cl)cc1. The molecule has 2 N–H and O–H groups in total. The molecule has 0 aliphatic carbocycles. The fraction of sp³-hybridized carbons (Fsp3) is 0.333. The molecule has 22 heavy (non-hydrogen) atoms. The summed E-state index contributed by atoms with van der Waals surface area (Å²) >= 11 is 5.82. The summed E-state index contributed by atoms with van der Waals surface area (Å²) in [6.07, 6.45) is 0.630. The molecule has 2 amide bonds. The molecule has 0 saturated heterocycles. The summed E-state index contributed by atoms with van der Waals surface area (Å²) in [5.41, 5.74) is 7.16. The van der Waals surface area contributed by atoms with Crippen LogP contribution in [-0.4, -0.2) is 23.2 Å². The van der Waals surface area contributed by atoms with Gasteiger partial charge < -0.3 is 0 Å². The van der Waals surface area contributed by atoms with E-state index in [9.17, 15) is 9.59 Å². The van der Waals surface area contributed by atoms with E-state index in [1.54, 1.807) is 26.0 Å². The van der Waals surface area contributed by atoms with Gasteiger partial charge in [-0.05, 0) is 38.0 Å². The molecule has 116 valence electrons. The van der Waals surface area contributed by atoms with Crippen LogP contribution in [-0.2, 0) is 9.59 Å². The molecule has 1 aliphatic rings. The Morgan fingerprint density at radius 1 is 1.41 bits per heavy atom. The fourth-order valence-electron chi connectivity index (χ4n) is 2.06. The van der Waals surface area contributed by atoms with Gasteiger partial charge in [0.05, 0.1) is 11.6 Å². The van der Waals surface area contributed by atoms with Crippen molar-refractivity contribution in [2.24, 2.45) is 16.1 Å². The number of carbonyl (C=O) groups is 2. The molecule has 0 radical (unpaired) electrons. The van der Waals surface area contributed by atoms with Gasteiger partial charge in [0.2, 0.25) is 11.8 Å². The van der Waals surface area contributed by atoms with Gasteiger partial charge in [0.15, 0.2) is 0 Å². The zero-order chi connectivity index (χ0) is 16.1. The van der Waals surface area contributed by atoms with Crippen molar-refractivity contribution in [3.05, 3.63) is 34.9 Å². The van der Waals surface area contributed by atoms with Crippen LogP contribution in [0.5, 0.6) is 0 Å². The molecule has 1 heterocycles. The second-order valence-electron chi connectivity index (χ2n) is 5.06. The zero-order valence-corrected chi connectivity index (χ0v) is 13.1. The van der Waals surface area contributed by atoms with Crippen molar-refractivity contribution < 1.29 is 9.59 Å².